The third kappa shape index (κ3) is 2.10. The van der Waals surface area contributed by atoms with Gasteiger partial charge in [-0.05, 0) is 17.5 Å². The number of pyridine rings is 1. The second-order valence-electron chi connectivity index (χ2n) is 4.12. The summed E-state index contributed by atoms with van der Waals surface area (Å²) in [7, 11) is 1.82. The van der Waals surface area contributed by atoms with Crippen LogP contribution in [-0.2, 0) is 6.54 Å². The molecule has 2 aromatic heterocycles. The average Bonchev–Trinajstić information content (AvgIpc) is 2.89. The Balaban J connectivity index is 2.15. The molecule has 1 N–H and O–H groups in total. The number of nitrogens with zero attached hydrogens (tertiary/aromatic N) is 3. The Morgan fingerprint density at radius 1 is 1.26 bits per heavy atom. The molecule has 0 aliphatic heterocycles. The number of hydrogen-bond acceptors (Lipinski definition) is 5. The van der Waals surface area contributed by atoms with Crippen molar-refractivity contribution < 1.29 is 0 Å². The van der Waals surface area contributed by atoms with Crippen molar-refractivity contribution in [1.29, 1.82) is 0 Å². The molecule has 0 unspecified atom stereocenters. The molecule has 5 nitrogen and oxygen atoms in total. The molecular formula is C13H12N4OS. The number of rotatable bonds is 3. The van der Waals surface area contributed by atoms with E-state index in [1.165, 1.54) is 11.5 Å². The predicted molar refractivity (Wildman–Crippen MR) is 76.8 cm³/mol. The minimum Gasteiger partial charge on any atom is -0.377 e. The van der Waals surface area contributed by atoms with E-state index < -0.39 is 0 Å². The first-order valence-electron chi connectivity index (χ1n) is 5.87. The van der Waals surface area contributed by atoms with Crippen LogP contribution in [-0.4, -0.2) is 21.2 Å². The maximum absolute atomic E-state index is 12.1. The minimum atomic E-state index is -0.0336. The smallest absolute Gasteiger partial charge is 0.251 e. The predicted octanol–water partition coefficient (Wildman–Crippen LogP) is 1.94. The molecule has 0 bridgehead atoms. The Bertz CT molecular complexity index is 777. The summed E-state index contributed by atoms with van der Waals surface area (Å²) < 4.78 is 5.63. The van der Waals surface area contributed by atoms with Gasteiger partial charge < -0.3 is 9.88 Å². The zero-order chi connectivity index (χ0) is 13.2. The number of anilines is 1. The van der Waals surface area contributed by atoms with Crippen LogP contribution in [0, 0.1) is 0 Å². The van der Waals surface area contributed by atoms with E-state index in [4.69, 9.17) is 0 Å². The molecule has 0 saturated carbocycles. The van der Waals surface area contributed by atoms with Gasteiger partial charge in [-0.25, -0.2) is 0 Å². The molecule has 0 fully saturated rings. The monoisotopic (exact) mass is 272 g/mol. The van der Waals surface area contributed by atoms with E-state index >= 15 is 0 Å². The van der Waals surface area contributed by atoms with Crippen molar-refractivity contribution in [2.45, 2.75) is 6.54 Å². The first kappa shape index (κ1) is 11.9. The Morgan fingerprint density at radius 2 is 2.11 bits per heavy atom. The van der Waals surface area contributed by atoms with Gasteiger partial charge in [-0.15, -0.1) is 5.10 Å². The molecular weight excluding hydrogens is 260 g/mol. The van der Waals surface area contributed by atoms with Crippen molar-refractivity contribution in [2.24, 2.45) is 0 Å². The lowest BCUT2D eigenvalue weighted by molar-refractivity contribution is 0.767. The fraction of sp³-hybridized carbons (Fsp3) is 0.154. The summed E-state index contributed by atoms with van der Waals surface area (Å²) in [6, 6.07) is 11.2. The number of fused-ring (bicyclic) bond motifs is 1. The van der Waals surface area contributed by atoms with E-state index in [2.05, 4.69) is 14.9 Å². The Morgan fingerprint density at radius 3 is 2.95 bits per heavy atom. The molecule has 0 amide bonds. The van der Waals surface area contributed by atoms with Crippen LogP contribution in [0.15, 0.2) is 41.2 Å². The van der Waals surface area contributed by atoms with Crippen LogP contribution in [0.2, 0.25) is 0 Å². The second kappa shape index (κ2) is 4.81. The highest BCUT2D eigenvalue weighted by atomic mass is 32.1. The summed E-state index contributed by atoms with van der Waals surface area (Å²) in [5.74, 6) is 0. The maximum Gasteiger partial charge on any atom is 0.251 e. The quantitative estimate of drug-likeness (QED) is 0.791. The first-order valence-corrected chi connectivity index (χ1v) is 6.64. The third-order valence-electron chi connectivity index (χ3n) is 2.99. The van der Waals surface area contributed by atoms with Gasteiger partial charge in [0.15, 0.2) is 0 Å². The highest BCUT2D eigenvalue weighted by Crippen LogP contribution is 2.19. The van der Waals surface area contributed by atoms with Gasteiger partial charge in [-0.1, -0.05) is 22.7 Å². The van der Waals surface area contributed by atoms with Gasteiger partial charge in [0.1, 0.15) is 10.7 Å². The molecule has 3 rings (SSSR count). The van der Waals surface area contributed by atoms with Gasteiger partial charge in [-0.2, -0.15) is 0 Å². The van der Waals surface area contributed by atoms with Crippen LogP contribution in [0.25, 0.3) is 10.9 Å². The van der Waals surface area contributed by atoms with E-state index in [0.717, 1.165) is 21.6 Å². The maximum atomic E-state index is 12.1. The Labute approximate surface area is 113 Å². The molecule has 0 aliphatic rings. The van der Waals surface area contributed by atoms with Crippen molar-refractivity contribution in [2.75, 3.05) is 12.4 Å². The molecule has 0 saturated heterocycles. The largest absolute Gasteiger partial charge is 0.377 e. The normalized spacial score (nSPS) is 10.8. The molecule has 0 radical (unpaired) electrons. The molecule has 0 aliphatic carbocycles. The lowest BCUT2D eigenvalue weighted by atomic mass is 10.2. The highest BCUT2D eigenvalue weighted by Gasteiger charge is 2.10. The van der Waals surface area contributed by atoms with Crippen LogP contribution in [0.4, 0.5) is 5.00 Å². The Hall–Kier alpha value is -2.21. The highest BCUT2D eigenvalue weighted by molar-refractivity contribution is 7.10. The van der Waals surface area contributed by atoms with E-state index in [1.54, 1.807) is 10.6 Å². The van der Waals surface area contributed by atoms with Crippen LogP contribution in [0.1, 0.15) is 5.69 Å². The number of aromatic nitrogens is 3. The summed E-state index contributed by atoms with van der Waals surface area (Å²) in [6.45, 7) is 0.423. The first-order chi connectivity index (χ1) is 9.29. The average molecular weight is 272 g/mol. The van der Waals surface area contributed by atoms with Crippen LogP contribution in [0.3, 0.4) is 0 Å². The molecule has 1 aromatic carbocycles. The number of para-hydroxylation sites is 1. The third-order valence-corrected chi connectivity index (χ3v) is 3.78. The van der Waals surface area contributed by atoms with Gasteiger partial charge in [0.25, 0.3) is 5.56 Å². The second-order valence-corrected chi connectivity index (χ2v) is 4.87. The number of nitrogens with one attached hydrogen (secondary N) is 1. The zero-order valence-electron chi connectivity index (χ0n) is 10.3. The fourth-order valence-corrected chi connectivity index (χ4v) is 2.58. The molecule has 0 spiro atoms. The Kier molecular flexibility index (Phi) is 3.00. The summed E-state index contributed by atoms with van der Waals surface area (Å²) >= 11 is 1.29. The van der Waals surface area contributed by atoms with Gasteiger partial charge in [0, 0.05) is 24.6 Å². The van der Waals surface area contributed by atoms with Gasteiger partial charge in [0.05, 0.1) is 12.1 Å². The van der Waals surface area contributed by atoms with Gasteiger partial charge in [0.2, 0.25) is 0 Å². The lowest BCUT2D eigenvalue weighted by Crippen LogP contribution is -2.20. The molecule has 3 aromatic rings. The van der Waals surface area contributed by atoms with Crippen LogP contribution < -0.4 is 10.9 Å². The summed E-state index contributed by atoms with van der Waals surface area (Å²) in [6.07, 6.45) is 0. The van der Waals surface area contributed by atoms with E-state index in [9.17, 15) is 4.79 Å². The standard InChI is InChI=1S/C13H12N4OS/c1-14-13-10(15-16-19-13)8-17-11-5-3-2-4-9(11)6-7-12(17)18/h2-7,14H,8H2,1H3. The molecule has 96 valence electrons. The van der Waals surface area contributed by atoms with Crippen LogP contribution >= 0.6 is 11.5 Å². The topological polar surface area (TPSA) is 59.8 Å². The van der Waals surface area contributed by atoms with Crippen molar-refractivity contribution in [1.82, 2.24) is 14.2 Å². The SMILES string of the molecule is CNc1snnc1Cn1c(=O)ccc2ccccc21. The van der Waals surface area contributed by atoms with Crippen molar-refractivity contribution in [3.8, 4) is 0 Å². The zero-order valence-corrected chi connectivity index (χ0v) is 11.1. The summed E-state index contributed by atoms with van der Waals surface area (Å²) in [4.78, 5) is 12.1. The van der Waals surface area contributed by atoms with Crippen molar-refractivity contribution in [3.05, 3.63) is 52.4 Å². The number of hydrogen-bond donors (Lipinski definition) is 1. The van der Waals surface area contributed by atoms with E-state index in [1.807, 2.05) is 37.4 Å². The van der Waals surface area contributed by atoms with Gasteiger partial charge in [-0.3, -0.25) is 4.79 Å². The molecule has 6 heteroatoms. The fourth-order valence-electron chi connectivity index (χ4n) is 2.06. The van der Waals surface area contributed by atoms with Gasteiger partial charge >= 0.3 is 0 Å². The van der Waals surface area contributed by atoms with Crippen LogP contribution in [0.5, 0.6) is 0 Å². The molecule has 19 heavy (non-hydrogen) atoms. The number of benzene rings is 1. The van der Waals surface area contributed by atoms with E-state index in [-0.39, 0.29) is 5.56 Å². The molecule has 2 heterocycles. The van der Waals surface area contributed by atoms with Crippen molar-refractivity contribution in [3.63, 3.8) is 0 Å². The summed E-state index contributed by atoms with van der Waals surface area (Å²) in [5, 5.41) is 9.04. The van der Waals surface area contributed by atoms with Crippen molar-refractivity contribution >= 4 is 27.4 Å². The van der Waals surface area contributed by atoms with E-state index in [0.29, 0.717) is 6.54 Å². The minimum absolute atomic E-state index is 0.0336. The lowest BCUT2D eigenvalue weighted by Gasteiger charge is -2.09. The molecule has 0 atom stereocenters. The summed E-state index contributed by atoms with van der Waals surface area (Å²) in [5.41, 5.74) is 1.66.